The number of amides is 3. The number of phenolic OH excluding ortho intramolecular Hbond substituents is 1. The van der Waals surface area contributed by atoms with Gasteiger partial charge in [-0.2, -0.15) is 10.2 Å². The van der Waals surface area contributed by atoms with Gasteiger partial charge in [-0.1, -0.05) is 18.2 Å². The fourth-order valence-corrected chi connectivity index (χ4v) is 2.58. The van der Waals surface area contributed by atoms with Gasteiger partial charge in [0.15, 0.2) is 0 Å². The number of likely N-dealkylation sites (N-methyl/N-ethyl adjacent to an activating group) is 1. The Morgan fingerprint density at radius 2 is 1.74 bits per heavy atom. The molecule has 0 aromatic heterocycles. The van der Waals surface area contributed by atoms with Crippen LogP contribution in [0.5, 0.6) is 5.75 Å². The highest BCUT2D eigenvalue weighted by Gasteiger charge is 2.19. The summed E-state index contributed by atoms with van der Waals surface area (Å²) >= 11 is 0. The van der Waals surface area contributed by atoms with Gasteiger partial charge in [0.05, 0.1) is 11.9 Å². The molecule has 2 aromatic carbocycles. The zero-order valence-electron chi connectivity index (χ0n) is 17.4. The fourth-order valence-electron chi connectivity index (χ4n) is 2.58. The number of rotatable bonds is 8. The minimum Gasteiger partial charge on any atom is -0.506 e. The van der Waals surface area contributed by atoms with Gasteiger partial charge in [0.1, 0.15) is 17.5 Å². The molecule has 0 bridgehead atoms. The first kappa shape index (κ1) is 23.2. The second kappa shape index (κ2) is 11.2. The number of hydrogen-bond acceptors (Lipinski definition) is 7. The summed E-state index contributed by atoms with van der Waals surface area (Å²) in [6.45, 7) is 2.70. The molecule has 0 spiro atoms. The van der Waals surface area contributed by atoms with E-state index in [4.69, 9.17) is 0 Å². The van der Waals surface area contributed by atoms with Crippen molar-refractivity contribution in [2.75, 3.05) is 7.05 Å². The van der Waals surface area contributed by atoms with E-state index in [0.29, 0.717) is 11.3 Å². The van der Waals surface area contributed by atoms with Gasteiger partial charge < -0.3 is 15.7 Å². The van der Waals surface area contributed by atoms with Gasteiger partial charge >= 0.3 is 0 Å². The molecule has 0 heterocycles. The Kier molecular flexibility index (Phi) is 8.38. The van der Waals surface area contributed by atoms with Gasteiger partial charge in [0, 0.05) is 27.3 Å². The Hall–Kier alpha value is -4.08. The van der Waals surface area contributed by atoms with Crippen LogP contribution in [-0.2, 0) is 20.8 Å². The van der Waals surface area contributed by atoms with Gasteiger partial charge in [-0.3, -0.25) is 14.4 Å². The first-order valence-corrected chi connectivity index (χ1v) is 9.40. The number of phenols is 1. The Labute approximate surface area is 179 Å². The maximum absolute atomic E-state index is 12.0. The Bertz CT molecular complexity index is 1000. The normalized spacial score (nSPS) is 12.0. The minimum absolute atomic E-state index is 0.0671. The third kappa shape index (κ3) is 7.69. The van der Waals surface area contributed by atoms with Crippen LogP contribution in [0, 0.1) is 0 Å². The predicted octanol–water partition coefficient (Wildman–Crippen LogP) is 2.07. The van der Waals surface area contributed by atoms with E-state index in [2.05, 4.69) is 31.4 Å². The van der Waals surface area contributed by atoms with Crippen LogP contribution in [0.25, 0.3) is 0 Å². The second-order valence-corrected chi connectivity index (χ2v) is 6.61. The quantitative estimate of drug-likeness (QED) is 0.292. The third-order valence-corrected chi connectivity index (χ3v) is 4.02. The van der Waals surface area contributed by atoms with Gasteiger partial charge in [-0.15, -0.1) is 5.11 Å². The van der Waals surface area contributed by atoms with E-state index in [1.54, 1.807) is 36.4 Å². The number of nitrogens with one attached hydrogen (secondary N) is 3. The molecule has 0 radical (unpaired) electrons. The van der Waals surface area contributed by atoms with E-state index in [0.717, 1.165) is 5.56 Å². The summed E-state index contributed by atoms with van der Waals surface area (Å²) in [5.74, 6) is -0.976. The highest BCUT2D eigenvalue weighted by Crippen LogP contribution is 2.29. The van der Waals surface area contributed by atoms with E-state index < -0.39 is 6.04 Å². The summed E-state index contributed by atoms with van der Waals surface area (Å²) in [5.41, 5.74) is 4.54. The van der Waals surface area contributed by atoms with Crippen molar-refractivity contribution in [3.8, 4) is 5.75 Å². The van der Waals surface area contributed by atoms with Crippen LogP contribution in [0.4, 0.5) is 11.4 Å². The Morgan fingerprint density at radius 3 is 2.35 bits per heavy atom. The lowest BCUT2D eigenvalue weighted by atomic mass is 10.0. The highest BCUT2D eigenvalue weighted by atomic mass is 16.3. The van der Waals surface area contributed by atoms with Crippen molar-refractivity contribution in [2.45, 2.75) is 26.3 Å². The van der Waals surface area contributed by atoms with Crippen molar-refractivity contribution in [3.63, 3.8) is 0 Å². The maximum Gasteiger partial charge on any atom is 0.242 e. The molecule has 31 heavy (non-hydrogen) atoms. The van der Waals surface area contributed by atoms with Crippen LogP contribution in [-0.4, -0.2) is 42.1 Å². The van der Waals surface area contributed by atoms with Gasteiger partial charge in [-0.25, -0.2) is 5.43 Å². The van der Waals surface area contributed by atoms with Crippen LogP contribution in [0.2, 0.25) is 0 Å². The number of hydrogen-bond donors (Lipinski definition) is 4. The van der Waals surface area contributed by atoms with Crippen LogP contribution in [0.15, 0.2) is 57.8 Å². The van der Waals surface area contributed by atoms with Crippen LogP contribution < -0.4 is 16.1 Å². The van der Waals surface area contributed by atoms with E-state index in [-0.39, 0.29) is 35.6 Å². The number of nitrogens with zero attached hydrogens (tertiary/aromatic N) is 3. The monoisotopic (exact) mass is 424 g/mol. The van der Waals surface area contributed by atoms with Crippen molar-refractivity contribution in [1.29, 1.82) is 0 Å². The molecule has 0 saturated heterocycles. The van der Waals surface area contributed by atoms with Crippen molar-refractivity contribution >= 4 is 35.3 Å². The molecule has 0 unspecified atom stereocenters. The lowest BCUT2D eigenvalue weighted by molar-refractivity contribution is -0.127. The van der Waals surface area contributed by atoms with Gasteiger partial charge in [-0.05, 0) is 35.4 Å². The zero-order valence-corrected chi connectivity index (χ0v) is 17.4. The summed E-state index contributed by atoms with van der Waals surface area (Å²) in [6, 6.07) is 10.9. The maximum atomic E-state index is 12.0. The first-order valence-electron chi connectivity index (χ1n) is 9.40. The second-order valence-electron chi connectivity index (χ2n) is 6.61. The largest absolute Gasteiger partial charge is 0.506 e. The average Bonchev–Trinajstić information content (AvgIpc) is 2.73. The molecule has 4 N–H and O–H groups in total. The van der Waals surface area contributed by atoms with E-state index in [9.17, 15) is 19.5 Å². The van der Waals surface area contributed by atoms with E-state index in [1.165, 1.54) is 33.2 Å². The number of carbonyl (C=O) groups excluding carboxylic acids is 3. The summed E-state index contributed by atoms with van der Waals surface area (Å²) in [6.07, 6.45) is 1.72. The molecule has 2 rings (SSSR count). The number of benzene rings is 2. The molecule has 10 heteroatoms. The molecular formula is C21H24N6O4. The lowest BCUT2D eigenvalue weighted by Crippen LogP contribution is -2.46. The van der Waals surface area contributed by atoms with Crippen molar-refractivity contribution in [2.24, 2.45) is 15.3 Å². The standard InChI is InChI=1S/C21H24N6O4/c1-13(28)24-19(21(31)22-3)11-16-6-9-20(30)18(10-16)27-26-17-7-4-15(5-8-17)12-23-25-14(2)29/h4-10,12,19,30H,11H2,1-3H3,(H,22,31)(H,24,28)(H,25,29)/b23-12-,27-26?/t19-/m0/s1. The number of carbonyl (C=O) groups is 3. The topological polar surface area (TPSA) is 145 Å². The smallest absolute Gasteiger partial charge is 0.242 e. The van der Waals surface area contributed by atoms with Crippen LogP contribution >= 0.6 is 0 Å². The summed E-state index contributed by atoms with van der Waals surface area (Å²) in [4.78, 5) is 34.2. The number of hydrazone groups is 1. The van der Waals surface area contributed by atoms with Crippen LogP contribution in [0.1, 0.15) is 25.0 Å². The third-order valence-electron chi connectivity index (χ3n) is 4.02. The molecule has 1 atom stereocenters. The van der Waals surface area contributed by atoms with Crippen molar-refractivity contribution < 1.29 is 19.5 Å². The minimum atomic E-state index is -0.747. The molecule has 0 aliphatic carbocycles. The molecule has 0 aliphatic heterocycles. The van der Waals surface area contributed by atoms with E-state index in [1.807, 2.05) is 0 Å². The fraction of sp³-hybridized carbons (Fsp3) is 0.238. The molecule has 3 amide bonds. The lowest BCUT2D eigenvalue weighted by Gasteiger charge is -2.16. The van der Waals surface area contributed by atoms with Gasteiger partial charge in [0.25, 0.3) is 0 Å². The Morgan fingerprint density at radius 1 is 1.03 bits per heavy atom. The Balaban J connectivity index is 2.13. The highest BCUT2D eigenvalue weighted by molar-refractivity contribution is 5.87. The molecule has 0 saturated carbocycles. The summed E-state index contributed by atoms with van der Waals surface area (Å²) in [7, 11) is 1.49. The van der Waals surface area contributed by atoms with Crippen molar-refractivity contribution in [3.05, 3.63) is 53.6 Å². The summed E-state index contributed by atoms with van der Waals surface area (Å²) in [5, 5.41) is 27.2. The SMILES string of the molecule is CNC(=O)[C@H](Cc1ccc(O)c(N=Nc2ccc(/C=N\NC(C)=O)cc2)c1)NC(C)=O. The molecule has 162 valence electrons. The van der Waals surface area contributed by atoms with Crippen LogP contribution in [0.3, 0.4) is 0 Å². The molecule has 10 nitrogen and oxygen atoms in total. The number of aromatic hydroxyl groups is 1. The molecule has 0 aliphatic rings. The average molecular weight is 424 g/mol. The van der Waals surface area contributed by atoms with E-state index >= 15 is 0 Å². The van der Waals surface area contributed by atoms with Crippen molar-refractivity contribution in [1.82, 2.24) is 16.1 Å². The summed E-state index contributed by atoms with van der Waals surface area (Å²) < 4.78 is 0. The zero-order chi connectivity index (χ0) is 22.8. The number of azo groups is 1. The van der Waals surface area contributed by atoms with Gasteiger partial charge in [0.2, 0.25) is 17.7 Å². The molecule has 2 aromatic rings. The first-order chi connectivity index (χ1) is 14.8. The molecular weight excluding hydrogens is 400 g/mol. The molecule has 0 fully saturated rings. The predicted molar refractivity (Wildman–Crippen MR) is 116 cm³/mol.